The van der Waals surface area contributed by atoms with Crippen LogP contribution >= 0.6 is 0 Å². The fourth-order valence-corrected chi connectivity index (χ4v) is 0.559. The molecule has 1 rings (SSSR count). The van der Waals surface area contributed by atoms with Crippen molar-refractivity contribution in [3.05, 3.63) is 16.2 Å². The summed E-state index contributed by atoms with van der Waals surface area (Å²) in [6, 6.07) is 0. The minimum absolute atomic E-state index is 0.0584. The van der Waals surface area contributed by atoms with E-state index >= 15 is 0 Å². The molecular weight excluding hydrogens is 144 g/mol. The molecule has 0 aliphatic rings. The Morgan fingerprint density at radius 3 is 2.91 bits per heavy atom. The lowest BCUT2D eigenvalue weighted by Gasteiger charge is -1.91. The highest BCUT2D eigenvalue weighted by atomic mass is 16.1. The molecule has 5 heteroatoms. The van der Waals surface area contributed by atoms with Crippen LogP contribution in [0, 0.1) is 11.8 Å². The van der Waals surface area contributed by atoms with Crippen LogP contribution in [0.5, 0.6) is 0 Å². The lowest BCUT2D eigenvalue weighted by atomic mass is 10.4. The summed E-state index contributed by atoms with van der Waals surface area (Å²) in [5.41, 5.74) is 5.04. The SMILES string of the molecule is CC#Cc1n[nH]c(=O)nc1N. The van der Waals surface area contributed by atoms with Gasteiger partial charge in [-0.3, -0.25) is 0 Å². The van der Waals surface area contributed by atoms with Crippen molar-refractivity contribution in [1.82, 2.24) is 15.2 Å². The summed E-state index contributed by atoms with van der Waals surface area (Å²) < 4.78 is 0. The molecule has 1 heterocycles. The van der Waals surface area contributed by atoms with Crippen LogP contribution in [0.4, 0.5) is 5.82 Å². The second-order valence-electron chi connectivity index (χ2n) is 1.75. The van der Waals surface area contributed by atoms with Crippen molar-refractivity contribution < 1.29 is 0 Å². The Hall–Kier alpha value is -1.83. The van der Waals surface area contributed by atoms with Crippen LogP contribution in [0.2, 0.25) is 0 Å². The summed E-state index contributed by atoms with van der Waals surface area (Å²) >= 11 is 0. The van der Waals surface area contributed by atoms with E-state index in [1.807, 2.05) is 0 Å². The van der Waals surface area contributed by atoms with Crippen LogP contribution < -0.4 is 11.4 Å². The third-order valence-electron chi connectivity index (χ3n) is 0.971. The first-order valence-electron chi connectivity index (χ1n) is 2.89. The van der Waals surface area contributed by atoms with Gasteiger partial charge in [-0.1, -0.05) is 5.92 Å². The predicted molar refractivity (Wildman–Crippen MR) is 39.6 cm³/mol. The van der Waals surface area contributed by atoms with Crippen molar-refractivity contribution >= 4 is 5.82 Å². The molecule has 0 saturated heterocycles. The zero-order chi connectivity index (χ0) is 8.27. The van der Waals surface area contributed by atoms with Gasteiger partial charge in [-0.15, -0.1) is 0 Å². The number of nitrogen functional groups attached to an aromatic ring is 1. The number of anilines is 1. The van der Waals surface area contributed by atoms with E-state index in [-0.39, 0.29) is 5.82 Å². The maximum absolute atomic E-state index is 10.5. The fourth-order valence-electron chi connectivity index (χ4n) is 0.559. The minimum Gasteiger partial charge on any atom is -0.381 e. The highest BCUT2D eigenvalue weighted by Crippen LogP contribution is 1.95. The van der Waals surface area contributed by atoms with E-state index in [1.165, 1.54) is 0 Å². The second-order valence-corrected chi connectivity index (χ2v) is 1.75. The average molecular weight is 150 g/mol. The van der Waals surface area contributed by atoms with E-state index in [9.17, 15) is 4.79 Å². The van der Waals surface area contributed by atoms with Crippen molar-refractivity contribution in [2.45, 2.75) is 6.92 Å². The topological polar surface area (TPSA) is 84.7 Å². The van der Waals surface area contributed by atoms with Gasteiger partial charge in [-0.25, -0.2) is 9.89 Å². The van der Waals surface area contributed by atoms with Crippen molar-refractivity contribution in [3.63, 3.8) is 0 Å². The maximum atomic E-state index is 10.5. The lowest BCUT2D eigenvalue weighted by molar-refractivity contribution is 0.909. The van der Waals surface area contributed by atoms with E-state index in [0.29, 0.717) is 5.69 Å². The van der Waals surface area contributed by atoms with E-state index in [4.69, 9.17) is 5.73 Å². The van der Waals surface area contributed by atoms with Gasteiger partial charge in [0, 0.05) is 0 Å². The van der Waals surface area contributed by atoms with Gasteiger partial charge in [0.05, 0.1) is 0 Å². The van der Waals surface area contributed by atoms with Crippen molar-refractivity contribution in [3.8, 4) is 11.8 Å². The first-order chi connectivity index (χ1) is 5.24. The minimum atomic E-state index is -0.566. The predicted octanol–water partition coefficient (Wildman–Crippen LogP) is -0.882. The lowest BCUT2D eigenvalue weighted by Crippen LogP contribution is -2.16. The number of nitrogens with two attached hydrogens (primary N) is 1. The summed E-state index contributed by atoms with van der Waals surface area (Å²) in [6.07, 6.45) is 0. The molecule has 0 spiro atoms. The van der Waals surface area contributed by atoms with Crippen LogP contribution in [-0.2, 0) is 0 Å². The highest BCUT2D eigenvalue weighted by molar-refractivity contribution is 5.43. The largest absolute Gasteiger partial charge is 0.381 e. The van der Waals surface area contributed by atoms with Crippen LogP contribution in [0.1, 0.15) is 12.6 Å². The Balaban J connectivity index is 3.27. The van der Waals surface area contributed by atoms with Gasteiger partial charge in [0.15, 0.2) is 11.5 Å². The van der Waals surface area contributed by atoms with E-state index < -0.39 is 5.69 Å². The molecule has 0 amide bonds. The molecule has 0 fully saturated rings. The molecule has 11 heavy (non-hydrogen) atoms. The van der Waals surface area contributed by atoms with Crippen LogP contribution in [0.25, 0.3) is 0 Å². The summed E-state index contributed by atoms with van der Waals surface area (Å²) in [5, 5.41) is 5.70. The Bertz CT molecular complexity index is 370. The molecule has 0 aromatic carbocycles. The fraction of sp³-hybridized carbons (Fsp3) is 0.167. The molecule has 1 aromatic rings. The summed E-state index contributed by atoms with van der Waals surface area (Å²) in [5.74, 6) is 5.23. The normalized spacial score (nSPS) is 8.45. The number of rotatable bonds is 0. The average Bonchev–Trinajstić information content (AvgIpc) is 1.95. The molecule has 0 bridgehead atoms. The zero-order valence-corrected chi connectivity index (χ0v) is 5.88. The second kappa shape index (κ2) is 2.84. The number of hydrogen-bond donors (Lipinski definition) is 2. The molecule has 0 aliphatic heterocycles. The summed E-state index contributed by atoms with van der Waals surface area (Å²) in [4.78, 5) is 13.9. The quantitative estimate of drug-likeness (QED) is 0.470. The molecule has 5 nitrogen and oxygen atoms in total. The molecule has 0 atom stereocenters. The van der Waals surface area contributed by atoms with Crippen LogP contribution in [0.15, 0.2) is 4.79 Å². The molecule has 0 unspecified atom stereocenters. The zero-order valence-electron chi connectivity index (χ0n) is 5.88. The van der Waals surface area contributed by atoms with E-state index in [2.05, 4.69) is 27.0 Å². The number of H-pyrrole nitrogens is 1. The third kappa shape index (κ3) is 1.55. The standard InChI is InChI=1S/C6H6N4O/c1-2-3-4-5(7)8-6(11)10-9-4/h1H3,(H3,7,8,10,11). The molecule has 3 N–H and O–H groups in total. The molecule has 56 valence electrons. The molecule has 0 saturated carbocycles. The Morgan fingerprint density at radius 1 is 1.64 bits per heavy atom. The van der Waals surface area contributed by atoms with Gasteiger partial charge in [0.25, 0.3) is 0 Å². The summed E-state index contributed by atoms with van der Waals surface area (Å²) in [6.45, 7) is 1.65. The van der Waals surface area contributed by atoms with Crippen LogP contribution in [-0.4, -0.2) is 15.2 Å². The number of nitrogens with zero attached hydrogens (tertiary/aromatic N) is 2. The van der Waals surface area contributed by atoms with Gasteiger partial charge in [0.1, 0.15) is 0 Å². The first-order valence-corrected chi connectivity index (χ1v) is 2.89. The number of nitrogens with one attached hydrogen (secondary N) is 1. The number of hydrogen-bond acceptors (Lipinski definition) is 4. The van der Waals surface area contributed by atoms with Gasteiger partial charge < -0.3 is 5.73 Å². The third-order valence-corrected chi connectivity index (χ3v) is 0.971. The highest BCUT2D eigenvalue weighted by Gasteiger charge is 1.97. The maximum Gasteiger partial charge on any atom is 0.363 e. The van der Waals surface area contributed by atoms with E-state index in [0.717, 1.165) is 0 Å². The Labute approximate surface area is 62.7 Å². The van der Waals surface area contributed by atoms with Gasteiger partial charge in [-0.2, -0.15) is 10.1 Å². The number of aromatic amines is 1. The first kappa shape index (κ1) is 7.28. The smallest absolute Gasteiger partial charge is 0.363 e. The molecule has 0 aliphatic carbocycles. The molecule has 0 radical (unpaired) electrons. The van der Waals surface area contributed by atoms with Crippen molar-refractivity contribution in [2.75, 3.05) is 5.73 Å². The van der Waals surface area contributed by atoms with Gasteiger partial charge in [0.2, 0.25) is 0 Å². The van der Waals surface area contributed by atoms with Crippen LogP contribution in [0.3, 0.4) is 0 Å². The summed E-state index contributed by atoms with van der Waals surface area (Å²) in [7, 11) is 0. The Kier molecular flexibility index (Phi) is 1.88. The van der Waals surface area contributed by atoms with Crippen molar-refractivity contribution in [1.29, 1.82) is 0 Å². The molecule has 1 aromatic heterocycles. The van der Waals surface area contributed by atoms with Gasteiger partial charge in [-0.05, 0) is 12.8 Å². The molecular formula is C6H6N4O. The van der Waals surface area contributed by atoms with Gasteiger partial charge >= 0.3 is 5.69 Å². The Morgan fingerprint density at radius 2 is 2.36 bits per heavy atom. The van der Waals surface area contributed by atoms with E-state index in [1.54, 1.807) is 6.92 Å². The monoisotopic (exact) mass is 150 g/mol. The number of aromatic nitrogens is 3. The van der Waals surface area contributed by atoms with Crippen molar-refractivity contribution in [2.24, 2.45) is 0 Å².